The lowest BCUT2D eigenvalue weighted by Gasteiger charge is -2.45. The van der Waals surface area contributed by atoms with Gasteiger partial charge in [-0.15, -0.1) is 0 Å². The second kappa shape index (κ2) is 33.1. The number of ketones is 1. The van der Waals surface area contributed by atoms with Crippen molar-refractivity contribution < 1.29 is 89.5 Å². The van der Waals surface area contributed by atoms with Crippen molar-refractivity contribution in [1.29, 1.82) is 0 Å². The van der Waals surface area contributed by atoms with Crippen LogP contribution in [0.15, 0.2) is 109 Å². The first-order chi connectivity index (χ1) is 36.9. The zero-order valence-electron chi connectivity index (χ0n) is 44.9. The standard InChI is InChI=1S/C58H86N2O18/c1-35-17-14-12-10-8-6-4-5-7-9-11-13-15-20-46(76-57-54(71)52(60)53(70)37(3)75-57)32-49-51(56(72)73)48(68)34-58(74,78-49)33-45(66)29-43(64)27-40(61)18-16-19-41(62)28-44(65)31-50(69)77-55(35)36(2)21-26-42(63)30-47(67)38-22-24-39(59)25-23-38/h4-15,17,20,22-25,35-37,40-46,48-49,51-55,57,61-66,68,70-71,74H,16,18-19,21,26-34,59-60H2,1-3H3,(H,72,73)/b5-4+,8-6-,9-7+,12-10-,13-11+,17-14+,20-15-/t35?,36?,37-,40?,41?,42?,43?,44?,45?,46?,48?,49?,51?,52+,53-,54+,55?,57?,58?/m1/s1. The summed E-state index contributed by atoms with van der Waals surface area (Å²) >= 11 is 0. The van der Waals surface area contributed by atoms with Crippen LogP contribution in [0.5, 0.6) is 0 Å². The highest BCUT2D eigenvalue weighted by Crippen LogP contribution is 2.38. The monoisotopic (exact) mass is 1100 g/mol. The first kappa shape index (κ1) is 65.8. The fourth-order valence-corrected chi connectivity index (χ4v) is 9.95. The van der Waals surface area contributed by atoms with Crippen LogP contribution in [0, 0.1) is 17.8 Å². The van der Waals surface area contributed by atoms with Gasteiger partial charge in [-0.3, -0.25) is 14.4 Å². The van der Waals surface area contributed by atoms with Gasteiger partial charge in [-0.25, -0.2) is 0 Å². The molecular formula is C58H86N2O18. The van der Waals surface area contributed by atoms with Gasteiger partial charge < -0.3 is 86.6 Å². The van der Waals surface area contributed by atoms with Crippen molar-refractivity contribution in [3.8, 4) is 0 Å². The smallest absolute Gasteiger partial charge is 0.311 e. The molecule has 78 heavy (non-hydrogen) atoms. The molecule has 3 heterocycles. The molecule has 0 aliphatic carbocycles. The molecule has 20 heteroatoms. The average molecular weight is 1100 g/mol. The van der Waals surface area contributed by atoms with E-state index in [0.717, 1.165) is 0 Å². The van der Waals surface area contributed by atoms with Gasteiger partial charge in [-0.05, 0) is 88.5 Å². The van der Waals surface area contributed by atoms with E-state index < -0.39 is 135 Å². The van der Waals surface area contributed by atoms with Gasteiger partial charge in [0.15, 0.2) is 17.9 Å². The highest BCUT2D eigenvalue weighted by molar-refractivity contribution is 5.96. The number of carboxylic acid groups (broad SMARTS) is 1. The molecule has 20 nitrogen and oxygen atoms in total. The number of ether oxygens (including phenoxy) is 4. The predicted octanol–water partition coefficient (Wildman–Crippen LogP) is 3.11. The third kappa shape index (κ3) is 22.8. The van der Waals surface area contributed by atoms with E-state index in [1.165, 1.54) is 13.0 Å². The first-order valence-corrected chi connectivity index (χ1v) is 27.0. The fraction of sp³-hybridized carbons (Fsp3) is 0.603. The largest absolute Gasteiger partial charge is 0.481 e. The number of benzene rings is 1. The number of aliphatic carboxylic acids is 1. The highest BCUT2D eigenvalue weighted by Gasteiger charge is 2.51. The second-order valence-electron chi connectivity index (χ2n) is 21.2. The number of nitrogens with two attached hydrogens (primary N) is 2. The minimum Gasteiger partial charge on any atom is -0.481 e. The number of hydrogen-bond donors (Lipinski definition) is 13. The van der Waals surface area contributed by atoms with E-state index in [-0.39, 0.29) is 75.4 Å². The van der Waals surface area contributed by atoms with Crippen molar-refractivity contribution in [1.82, 2.24) is 0 Å². The minimum absolute atomic E-state index is 0.101. The van der Waals surface area contributed by atoms with E-state index >= 15 is 0 Å². The number of aliphatic hydroxyl groups is 10. The fourth-order valence-electron chi connectivity index (χ4n) is 9.95. The molecule has 19 atom stereocenters. The number of cyclic esters (lactones) is 1. The third-order valence-electron chi connectivity index (χ3n) is 14.3. The summed E-state index contributed by atoms with van der Waals surface area (Å²) < 4.78 is 23.8. The van der Waals surface area contributed by atoms with Gasteiger partial charge >= 0.3 is 11.9 Å². The maximum absolute atomic E-state index is 13.3. The van der Waals surface area contributed by atoms with Crippen LogP contribution in [0.3, 0.4) is 0 Å². The topological polar surface area (TPSA) is 363 Å². The van der Waals surface area contributed by atoms with Crippen molar-refractivity contribution in [2.75, 3.05) is 5.73 Å². The molecule has 4 rings (SSSR count). The zero-order valence-corrected chi connectivity index (χ0v) is 44.9. The number of fused-ring (bicyclic) bond motifs is 2. The van der Waals surface area contributed by atoms with Crippen molar-refractivity contribution in [3.63, 3.8) is 0 Å². The van der Waals surface area contributed by atoms with E-state index in [1.54, 1.807) is 97.2 Å². The average Bonchev–Trinajstić information content (AvgIpc) is 3.37. The maximum atomic E-state index is 13.3. The van der Waals surface area contributed by atoms with Gasteiger partial charge in [0.25, 0.3) is 0 Å². The predicted molar refractivity (Wildman–Crippen MR) is 290 cm³/mol. The number of carboxylic acids is 1. The summed E-state index contributed by atoms with van der Waals surface area (Å²) in [4.78, 5) is 38.6. The van der Waals surface area contributed by atoms with Gasteiger partial charge in [-0.1, -0.05) is 98.9 Å². The molecule has 2 saturated heterocycles. The maximum Gasteiger partial charge on any atom is 0.311 e. The number of nitrogen functional groups attached to an aromatic ring is 1. The van der Waals surface area contributed by atoms with Gasteiger partial charge in [0.05, 0.1) is 79.6 Å². The molecule has 3 aliphatic rings. The van der Waals surface area contributed by atoms with E-state index in [2.05, 4.69) is 0 Å². The summed E-state index contributed by atoms with van der Waals surface area (Å²) in [6.07, 6.45) is 5.92. The van der Waals surface area contributed by atoms with E-state index in [0.29, 0.717) is 17.7 Å². The summed E-state index contributed by atoms with van der Waals surface area (Å²) in [5, 5.41) is 119. The Kier molecular flexibility index (Phi) is 27.9. The number of hydrogen-bond acceptors (Lipinski definition) is 19. The Morgan fingerprint density at radius 3 is 1.87 bits per heavy atom. The van der Waals surface area contributed by atoms with Crippen LogP contribution in [0.4, 0.5) is 5.69 Å². The van der Waals surface area contributed by atoms with Crippen LogP contribution in [-0.2, 0) is 28.5 Å². The number of anilines is 1. The summed E-state index contributed by atoms with van der Waals surface area (Å²) in [6, 6.07) is 5.30. The highest BCUT2D eigenvalue weighted by atomic mass is 16.7. The lowest BCUT2D eigenvalue weighted by atomic mass is 9.82. The Balaban J connectivity index is 1.52. The van der Waals surface area contributed by atoms with Crippen molar-refractivity contribution in [2.45, 2.75) is 202 Å². The van der Waals surface area contributed by atoms with E-state index in [4.69, 9.17) is 30.4 Å². The van der Waals surface area contributed by atoms with Crippen LogP contribution in [0.1, 0.15) is 115 Å². The Bertz CT molecular complexity index is 2200. The van der Waals surface area contributed by atoms with Crippen LogP contribution in [0.2, 0.25) is 0 Å². The summed E-state index contributed by atoms with van der Waals surface area (Å²) in [6.45, 7) is 5.29. The molecule has 0 amide bonds. The number of allylic oxidation sites excluding steroid dienone is 12. The molecule has 0 aromatic heterocycles. The van der Waals surface area contributed by atoms with Crippen LogP contribution < -0.4 is 11.5 Å². The molecule has 436 valence electrons. The Morgan fingerprint density at radius 1 is 0.731 bits per heavy atom. The lowest BCUT2D eigenvalue weighted by molar-refractivity contribution is -0.308. The number of carbonyl (C=O) groups is 3. The molecule has 0 radical (unpaired) electrons. The van der Waals surface area contributed by atoms with Gasteiger partial charge in [-0.2, -0.15) is 0 Å². The Morgan fingerprint density at radius 2 is 1.28 bits per heavy atom. The number of esters is 1. The Labute approximate surface area is 457 Å². The van der Waals surface area contributed by atoms with Gasteiger partial charge in [0.2, 0.25) is 0 Å². The van der Waals surface area contributed by atoms with Crippen LogP contribution in [0.25, 0.3) is 0 Å². The molecule has 0 saturated carbocycles. The zero-order chi connectivity index (χ0) is 57.5. The van der Waals surface area contributed by atoms with Crippen molar-refractivity contribution >= 4 is 23.4 Å². The quantitative estimate of drug-likeness (QED) is 0.0909. The van der Waals surface area contributed by atoms with Gasteiger partial charge in [0, 0.05) is 42.9 Å². The second-order valence-corrected chi connectivity index (χ2v) is 21.2. The molecule has 2 bridgehead atoms. The molecule has 2 fully saturated rings. The summed E-state index contributed by atoms with van der Waals surface area (Å²) in [7, 11) is 0. The van der Waals surface area contributed by atoms with E-state index in [9.17, 15) is 70.6 Å². The van der Waals surface area contributed by atoms with Crippen molar-refractivity contribution in [3.05, 3.63) is 115 Å². The SMILES string of the molecule is CC1/C=C/C=C\C=C/C=C/C=C/C=C/C=C\C(OC2O[C@H](C)[C@@H](O)[C@H](N)[C@@H]2O)CC2OC(O)(CC(O)CC(O)CC(O)CCCC(O)CC(O)CC(=O)OC1C(C)CCC(O)CC(=O)c1ccc(N)cc1)CC(O)C2C(=O)O. The van der Waals surface area contributed by atoms with E-state index in [1.807, 2.05) is 19.9 Å². The third-order valence-corrected chi connectivity index (χ3v) is 14.3. The number of carbonyl (C=O) groups excluding carboxylic acids is 2. The lowest BCUT2D eigenvalue weighted by Crippen LogP contribution is -2.61. The molecule has 0 spiro atoms. The summed E-state index contributed by atoms with van der Waals surface area (Å²) in [5.74, 6) is -6.83. The number of aliphatic hydroxyl groups excluding tert-OH is 9. The molecular weight excluding hydrogens is 1010 g/mol. The number of Topliss-reactive ketones (excluding diaryl/α,β-unsaturated/α-hetero) is 1. The first-order valence-electron chi connectivity index (χ1n) is 27.0. The molecule has 15 N–H and O–H groups in total. The molecule has 1 aromatic rings. The normalized spacial score (nSPS) is 38.7. The van der Waals surface area contributed by atoms with Gasteiger partial charge in [0.1, 0.15) is 18.1 Å². The molecule has 3 aliphatic heterocycles. The van der Waals surface area contributed by atoms with Crippen LogP contribution in [-0.4, -0.2) is 171 Å². The van der Waals surface area contributed by atoms with Crippen LogP contribution >= 0.6 is 0 Å². The minimum atomic E-state index is -2.29. The summed E-state index contributed by atoms with van der Waals surface area (Å²) in [5.41, 5.74) is 12.7. The molecule has 15 unspecified atom stereocenters. The van der Waals surface area contributed by atoms with Crippen molar-refractivity contribution in [2.24, 2.45) is 23.5 Å². The number of rotatable bonds is 10. The Hall–Kier alpha value is -4.75. The molecule has 1 aromatic carbocycles.